The zero-order chi connectivity index (χ0) is 25.8. The molecule has 2 aliphatic rings. The van der Waals surface area contributed by atoms with Gasteiger partial charge < -0.3 is 18.8 Å². The van der Waals surface area contributed by atoms with Crippen LogP contribution < -0.4 is 10.3 Å². The summed E-state index contributed by atoms with van der Waals surface area (Å²) >= 11 is 0. The van der Waals surface area contributed by atoms with Crippen molar-refractivity contribution >= 4 is 5.91 Å². The predicted molar refractivity (Wildman–Crippen MR) is 122 cm³/mol. The van der Waals surface area contributed by atoms with Crippen molar-refractivity contribution in [1.82, 2.24) is 19.0 Å². The summed E-state index contributed by atoms with van der Waals surface area (Å²) in [5.74, 6) is -1.08. The van der Waals surface area contributed by atoms with Crippen molar-refractivity contribution in [3.05, 3.63) is 75.5 Å². The summed E-state index contributed by atoms with van der Waals surface area (Å²) in [7, 11) is 0. The smallest absolute Gasteiger partial charge is 0.398 e. The quantitative estimate of drug-likeness (QED) is 0.496. The number of alkyl halides is 3. The van der Waals surface area contributed by atoms with Crippen LogP contribution >= 0.6 is 0 Å². The number of hydrogen-bond donors (Lipinski definition) is 0. The van der Waals surface area contributed by atoms with Crippen molar-refractivity contribution in [3.63, 3.8) is 0 Å². The van der Waals surface area contributed by atoms with Crippen molar-refractivity contribution in [2.45, 2.75) is 44.8 Å². The van der Waals surface area contributed by atoms with Crippen LogP contribution in [0.1, 0.15) is 40.7 Å². The van der Waals surface area contributed by atoms with Crippen LogP contribution in [-0.2, 0) is 18.4 Å². The summed E-state index contributed by atoms with van der Waals surface area (Å²) in [6, 6.07) is 5.47. The average molecular weight is 504 g/mol. The predicted octanol–water partition coefficient (Wildman–Crippen LogP) is 3.78. The van der Waals surface area contributed by atoms with Gasteiger partial charge in [0, 0.05) is 24.8 Å². The van der Waals surface area contributed by atoms with E-state index in [1.807, 2.05) is 0 Å². The Morgan fingerprint density at radius 1 is 1.14 bits per heavy atom. The maximum absolute atomic E-state index is 14.3. The third kappa shape index (κ3) is 3.77. The van der Waals surface area contributed by atoms with Gasteiger partial charge in [0.25, 0.3) is 11.5 Å². The van der Waals surface area contributed by atoms with Crippen LogP contribution in [0.3, 0.4) is 0 Å². The molecule has 0 saturated carbocycles. The summed E-state index contributed by atoms with van der Waals surface area (Å²) in [4.78, 5) is 31.6. The Hall–Kier alpha value is -3.63. The number of aromatic nitrogens is 3. The first-order chi connectivity index (χ1) is 17.0. The molecule has 0 saturated heterocycles. The van der Waals surface area contributed by atoms with E-state index < -0.39 is 17.4 Å². The Balaban J connectivity index is 1.32. The van der Waals surface area contributed by atoms with Crippen LogP contribution in [0.4, 0.5) is 17.6 Å². The lowest BCUT2D eigenvalue weighted by Gasteiger charge is -2.31. The second-order valence-corrected chi connectivity index (χ2v) is 9.35. The van der Waals surface area contributed by atoms with Gasteiger partial charge in [0.15, 0.2) is 0 Å². The van der Waals surface area contributed by atoms with Crippen LogP contribution in [0.15, 0.2) is 41.6 Å². The van der Waals surface area contributed by atoms with E-state index in [0.29, 0.717) is 5.69 Å². The number of benzene rings is 1. The van der Waals surface area contributed by atoms with E-state index in [2.05, 4.69) is 4.98 Å². The fraction of sp³-hybridized carbons (Fsp3) is 0.400. The zero-order valence-electron chi connectivity index (χ0n) is 19.7. The molecule has 1 amide bonds. The van der Waals surface area contributed by atoms with Gasteiger partial charge in [-0.2, -0.15) is 13.2 Å². The third-order valence-electron chi connectivity index (χ3n) is 7.13. The molecule has 3 heterocycles. The van der Waals surface area contributed by atoms with E-state index in [1.165, 1.54) is 21.9 Å². The Morgan fingerprint density at radius 3 is 2.61 bits per heavy atom. The molecule has 0 radical (unpaired) electrons. The van der Waals surface area contributed by atoms with Crippen LogP contribution in [0.25, 0.3) is 5.69 Å². The lowest BCUT2D eigenvalue weighted by molar-refractivity contribution is -0.185. The van der Waals surface area contributed by atoms with Crippen LogP contribution in [0.5, 0.6) is 5.75 Å². The third-order valence-corrected chi connectivity index (χ3v) is 7.13. The molecular weight excluding hydrogens is 480 g/mol. The summed E-state index contributed by atoms with van der Waals surface area (Å²) in [5, 5.41) is 0. The molecule has 7 nitrogen and oxygen atoms in total. The molecule has 190 valence electrons. The molecule has 1 unspecified atom stereocenters. The second kappa shape index (κ2) is 8.49. The van der Waals surface area contributed by atoms with Gasteiger partial charge in [0.05, 0.1) is 24.0 Å². The first-order valence-corrected chi connectivity index (χ1v) is 11.6. The average Bonchev–Trinajstić information content (AvgIpc) is 3.42. The Morgan fingerprint density at radius 2 is 1.92 bits per heavy atom. The molecule has 0 spiro atoms. The molecule has 11 heteroatoms. The number of aryl methyl sites for hydroxylation is 1. The summed E-state index contributed by atoms with van der Waals surface area (Å²) < 4.78 is 64.5. The minimum Gasteiger partial charge on any atom is -0.491 e. The monoisotopic (exact) mass is 504 g/mol. The maximum atomic E-state index is 14.3. The standard InChI is InChI=1S/C25H24F4N4O3/c1-15-13-32(14-30-15)18-4-5-19-22(34)31(9-10-33(19)23(18)35)11-12-36-20-6-3-17(26)16-7-8-24(2,21(16)20)25(27,28)29/h3-6,13-14H,7-12H2,1-2H3. The zero-order valence-corrected chi connectivity index (χ0v) is 19.7. The van der Waals surface area contributed by atoms with E-state index in [9.17, 15) is 27.2 Å². The van der Waals surface area contributed by atoms with Crippen molar-refractivity contribution in [2.75, 3.05) is 19.7 Å². The fourth-order valence-electron chi connectivity index (χ4n) is 5.04. The van der Waals surface area contributed by atoms with E-state index in [-0.39, 0.29) is 73.1 Å². The summed E-state index contributed by atoms with van der Waals surface area (Å²) in [5.41, 5.74) is -1.31. The highest BCUT2D eigenvalue weighted by molar-refractivity contribution is 5.93. The number of nitrogens with zero attached hydrogens (tertiary/aromatic N) is 4. The second-order valence-electron chi connectivity index (χ2n) is 9.35. The topological polar surface area (TPSA) is 69.4 Å². The first-order valence-electron chi connectivity index (χ1n) is 11.6. The van der Waals surface area contributed by atoms with E-state index in [1.54, 1.807) is 29.8 Å². The van der Waals surface area contributed by atoms with Gasteiger partial charge in [0.1, 0.15) is 29.6 Å². The van der Waals surface area contributed by atoms with Crippen molar-refractivity contribution < 1.29 is 27.1 Å². The Labute approximate surface area is 203 Å². The molecule has 2 aromatic heterocycles. The highest BCUT2D eigenvalue weighted by Gasteiger charge is 2.57. The highest BCUT2D eigenvalue weighted by Crippen LogP contribution is 2.53. The highest BCUT2D eigenvalue weighted by atomic mass is 19.4. The van der Waals surface area contributed by atoms with Gasteiger partial charge in [-0.15, -0.1) is 0 Å². The lowest BCUT2D eigenvalue weighted by atomic mass is 9.82. The lowest BCUT2D eigenvalue weighted by Crippen LogP contribution is -2.46. The van der Waals surface area contributed by atoms with E-state index in [4.69, 9.17) is 4.74 Å². The van der Waals surface area contributed by atoms with Crippen molar-refractivity contribution in [1.29, 1.82) is 0 Å². The number of halogens is 4. The molecule has 0 bridgehead atoms. The number of ether oxygens (including phenoxy) is 1. The summed E-state index contributed by atoms with van der Waals surface area (Å²) in [6.45, 7) is 3.40. The van der Waals surface area contributed by atoms with E-state index >= 15 is 0 Å². The normalized spacial score (nSPS) is 19.4. The van der Waals surface area contributed by atoms with Crippen LogP contribution in [-0.4, -0.2) is 50.8 Å². The molecule has 1 atom stereocenters. The fourth-order valence-corrected chi connectivity index (χ4v) is 5.04. The Bertz CT molecular complexity index is 1410. The van der Waals surface area contributed by atoms with Gasteiger partial charge in [-0.05, 0) is 56.5 Å². The molecule has 3 aromatic rings. The van der Waals surface area contributed by atoms with Gasteiger partial charge in [-0.25, -0.2) is 9.37 Å². The molecule has 0 N–H and O–H groups in total. The number of carbonyl (C=O) groups is 1. The SMILES string of the molecule is Cc1cn(-c2ccc3n(c2=O)CCN(CCOc2ccc(F)c4c2C(C)(C(F)(F)F)CC4)C3=O)cn1. The molecule has 1 aliphatic carbocycles. The Kier molecular flexibility index (Phi) is 5.68. The van der Waals surface area contributed by atoms with Crippen molar-refractivity contribution in [3.8, 4) is 11.4 Å². The summed E-state index contributed by atoms with van der Waals surface area (Å²) in [6.07, 6.45) is -1.58. The number of amides is 1. The molecule has 5 rings (SSSR count). The number of pyridine rings is 1. The number of carbonyl (C=O) groups excluding carboxylic acids is 1. The molecule has 36 heavy (non-hydrogen) atoms. The van der Waals surface area contributed by atoms with Gasteiger partial charge >= 0.3 is 6.18 Å². The maximum Gasteiger partial charge on any atom is 0.398 e. The largest absolute Gasteiger partial charge is 0.491 e. The number of hydrogen-bond acceptors (Lipinski definition) is 4. The van der Waals surface area contributed by atoms with Crippen LogP contribution in [0, 0.1) is 12.7 Å². The number of fused-ring (bicyclic) bond motifs is 2. The molecule has 1 aromatic carbocycles. The van der Waals surface area contributed by atoms with E-state index in [0.717, 1.165) is 18.7 Å². The van der Waals surface area contributed by atoms with Gasteiger partial charge in [-0.1, -0.05) is 0 Å². The van der Waals surface area contributed by atoms with Crippen molar-refractivity contribution in [2.24, 2.45) is 0 Å². The minimum atomic E-state index is -4.56. The van der Waals surface area contributed by atoms with Gasteiger partial charge in [-0.3, -0.25) is 9.59 Å². The number of rotatable bonds is 5. The minimum absolute atomic E-state index is 0.0227. The number of imidazole rings is 1. The first kappa shape index (κ1) is 24.1. The van der Waals surface area contributed by atoms with Gasteiger partial charge in [0.2, 0.25) is 0 Å². The molecular formula is C25H24F4N4O3. The molecule has 1 aliphatic heterocycles. The molecule has 0 fully saturated rings. The van der Waals surface area contributed by atoms with Crippen LogP contribution in [0.2, 0.25) is 0 Å².